The summed E-state index contributed by atoms with van der Waals surface area (Å²) in [6.07, 6.45) is -1.35. The summed E-state index contributed by atoms with van der Waals surface area (Å²) in [5.41, 5.74) is 0. The summed E-state index contributed by atoms with van der Waals surface area (Å²) in [6.45, 7) is 0.648. The average Bonchev–Trinajstić information content (AvgIpc) is 2.33. The van der Waals surface area contributed by atoms with Crippen molar-refractivity contribution in [2.24, 2.45) is 5.90 Å². The number of aliphatic hydroxyl groups is 1. The molecule has 1 heterocycles. The molecule has 0 spiro atoms. The van der Waals surface area contributed by atoms with E-state index >= 15 is 0 Å². The third-order valence-electron chi connectivity index (χ3n) is 1.71. The Labute approximate surface area is 65.0 Å². The predicted molar refractivity (Wildman–Crippen MR) is 36.7 cm³/mol. The number of nitrogens with two attached hydrogens (primary N) is 1. The van der Waals surface area contributed by atoms with Crippen molar-refractivity contribution in [3.05, 3.63) is 0 Å². The van der Waals surface area contributed by atoms with E-state index in [0.717, 1.165) is 0 Å². The molecule has 0 aromatic carbocycles. The maximum absolute atomic E-state index is 9.20. The first-order valence-corrected chi connectivity index (χ1v) is 3.43. The van der Waals surface area contributed by atoms with Gasteiger partial charge in [-0.2, -0.15) is 0 Å². The minimum Gasteiger partial charge on any atom is -0.388 e. The van der Waals surface area contributed by atoms with E-state index in [1.807, 2.05) is 0 Å². The van der Waals surface area contributed by atoms with Crippen LogP contribution >= 0.6 is 0 Å². The SMILES string of the molecule is COC[C@H]1OCC(O)C1ON. The van der Waals surface area contributed by atoms with Crippen molar-refractivity contribution in [1.82, 2.24) is 0 Å². The van der Waals surface area contributed by atoms with Crippen molar-refractivity contribution in [2.75, 3.05) is 20.3 Å². The van der Waals surface area contributed by atoms with Gasteiger partial charge in [0.25, 0.3) is 0 Å². The van der Waals surface area contributed by atoms with Crippen LogP contribution in [0.4, 0.5) is 0 Å². The molecule has 11 heavy (non-hydrogen) atoms. The summed E-state index contributed by atoms with van der Waals surface area (Å²) < 4.78 is 9.96. The van der Waals surface area contributed by atoms with Crippen molar-refractivity contribution >= 4 is 0 Å². The molecular formula is C6H13NO4. The van der Waals surface area contributed by atoms with Gasteiger partial charge in [0.1, 0.15) is 18.3 Å². The molecule has 0 aliphatic carbocycles. The van der Waals surface area contributed by atoms with Crippen LogP contribution in [0, 0.1) is 0 Å². The number of hydrogen-bond donors (Lipinski definition) is 2. The summed E-state index contributed by atoms with van der Waals surface area (Å²) in [5.74, 6) is 4.95. The Morgan fingerprint density at radius 1 is 1.73 bits per heavy atom. The number of ether oxygens (including phenoxy) is 2. The smallest absolute Gasteiger partial charge is 0.135 e. The van der Waals surface area contributed by atoms with Gasteiger partial charge in [-0.05, 0) is 0 Å². The van der Waals surface area contributed by atoms with Crippen LogP contribution in [0.5, 0.6) is 0 Å². The third-order valence-corrected chi connectivity index (χ3v) is 1.71. The molecule has 1 aliphatic rings. The molecule has 0 amide bonds. The number of rotatable bonds is 3. The largest absolute Gasteiger partial charge is 0.388 e. The van der Waals surface area contributed by atoms with Gasteiger partial charge >= 0.3 is 0 Å². The monoisotopic (exact) mass is 163 g/mol. The van der Waals surface area contributed by atoms with Gasteiger partial charge in [-0.1, -0.05) is 0 Å². The average molecular weight is 163 g/mol. The van der Waals surface area contributed by atoms with Crippen molar-refractivity contribution < 1.29 is 19.4 Å². The lowest BCUT2D eigenvalue weighted by atomic mass is 10.2. The van der Waals surface area contributed by atoms with Crippen LogP contribution in [0.2, 0.25) is 0 Å². The van der Waals surface area contributed by atoms with Crippen LogP contribution in [-0.4, -0.2) is 43.7 Å². The van der Waals surface area contributed by atoms with Crippen LogP contribution in [0.3, 0.4) is 0 Å². The second-order valence-corrected chi connectivity index (χ2v) is 2.50. The second-order valence-electron chi connectivity index (χ2n) is 2.50. The van der Waals surface area contributed by atoms with E-state index < -0.39 is 12.2 Å². The number of aliphatic hydroxyl groups excluding tert-OH is 1. The minimum atomic E-state index is -0.639. The van der Waals surface area contributed by atoms with Gasteiger partial charge in [0.2, 0.25) is 0 Å². The summed E-state index contributed by atoms with van der Waals surface area (Å²) >= 11 is 0. The molecule has 0 aromatic rings. The molecule has 1 fully saturated rings. The van der Waals surface area contributed by atoms with Crippen molar-refractivity contribution in [3.8, 4) is 0 Å². The molecule has 5 heteroatoms. The lowest BCUT2D eigenvalue weighted by Gasteiger charge is -2.16. The first-order valence-electron chi connectivity index (χ1n) is 3.43. The Bertz CT molecular complexity index is 119. The minimum absolute atomic E-state index is 0.250. The standard InChI is InChI=1S/C6H13NO4/c1-9-3-5-6(11-7)4(8)2-10-5/h4-6,8H,2-3,7H2,1H3/t4?,5-,6?/m1/s1. The van der Waals surface area contributed by atoms with Gasteiger partial charge in [-0.15, -0.1) is 0 Å². The van der Waals surface area contributed by atoms with Crippen LogP contribution in [0.1, 0.15) is 0 Å². The van der Waals surface area contributed by atoms with E-state index in [9.17, 15) is 5.11 Å². The van der Waals surface area contributed by atoms with E-state index in [2.05, 4.69) is 4.84 Å². The highest BCUT2D eigenvalue weighted by atomic mass is 16.7. The molecular weight excluding hydrogens is 150 g/mol. The van der Waals surface area contributed by atoms with Crippen molar-refractivity contribution in [2.45, 2.75) is 18.3 Å². The second kappa shape index (κ2) is 3.99. The molecule has 0 radical (unpaired) electrons. The maximum atomic E-state index is 9.20. The van der Waals surface area contributed by atoms with Crippen LogP contribution in [0.25, 0.3) is 0 Å². The molecule has 1 saturated heterocycles. The first-order chi connectivity index (χ1) is 5.29. The lowest BCUT2D eigenvalue weighted by molar-refractivity contribution is -0.0604. The van der Waals surface area contributed by atoms with E-state index in [4.69, 9.17) is 15.4 Å². The summed E-state index contributed by atoms with van der Waals surface area (Å²) in [6, 6.07) is 0. The topological polar surface area (TPSA) is 73.9 Å². The van der Waals surface area contributed by atoms with E-state index in [1.54, 1.807) is 7.11 Å². The van der Waals surface area contributed by atoms with Gasteiger partial charge in [-0.3, -0.25) is 4.84 Å². The zero-order valence-electron chi connectivity index (χ0n) is 6.40. The molecule has 0 bridgehead atoms. The highest BCUT2D eigenvalue weighted by Gasteiger charge is 2.36. The number of hydrogen-bond acceptors (Lipinski definition) is 5. The fourth-order valence-corrected chi connectivity index (χ4v) is 1.15. The lowest BCUT2D eigenvalue weighted by Crippen LogP contribution is -2.37. The summed E-state index contributed by atoms with van der Waals surface area (Å²) in [5, 5.41) is 9.20. The Kier molecular flexibility index (Phi) is 3.22. The first kappa shape index (κ1) is 8.89. The third kappa shape index (κ3) is 1.88. The van der Waals surface area contributed by atoms with E-state index in [0.29, 0.717) is 6.61 Å². The fourth-order valence-electron chi connectivity index (χ4n) is 1.15. The maximum Gasteiger partial charge on any atom is 0.135 e. The zero-order valence-corrected chi connectivity index (χ0v) is 6.40. The molecule has 1 aliphatic heterocycles. The zero-order chi connectivity index (χ0) is 8.27. The van der Waals surface area contributed by atoms with Crippen molar-refractivity contribution in [3.63, 3.8) is 0 Å². The molecule has 5 nitrogen and oxygen atoms in total. The molecule has 3 atom stereocenters. The molecule has 0 aromatic heterocycles. The van der Waals surface area contributed by atoms with Crippen LogP contribution in [-0.2, 0) is 14.3 Å². The van der Waals surface area contributed by atoms with Gasteiger partial charge < -0.3 is 14.6 Å². The van der Waals surface area contributed by atoms with Gasteiger partial charge in [0.15, 0.2) is 0 Å². The van der Waals surface area contributed by atoms with Gasteiger partial charge in [0, 0.05) is 7.11 Å². The van der Waals surface area contributed by atoms with Crippen LogP contribution in [0.15, 0.2) is 0 Å². The number of methoxy groups -OCH3 is 1. The molecule has 3 N–H and O–H groups in total. The molecule has 66 valence electrons. The highest BCUT2D eigenvalue weighted by molar-refractivity contribution is 4.83. The predicted octanol–water partition coefficient (Wildman–Crippen LogP) is -1.35. The molecule has 1 rings (SSSR count). The van der Waals surface area contributed by atoms with Crippen LogP contribution < -0.4 is 5.90 Å². The Hall–Kier alpha value is -0.200. The van der Waals surface area contributed by atoms with Crippen molar-refractivity contribution in [1.29, 1.82) is 0 Å². The quantitative estimate of drug-likeness (QED) is 0.503. The summed E-state index contributed by atoms with van der Waals surface area (Å²) in [7, 11) is 1.56. The van der Waals surface area contributed by atoms with E-state index in [-0.39, 0.29) is 12.7 Å². The fraction of sp³-hybridized carbons (Fsp3) is 1.00. The van der Waals surface area contributed by atoms with E-state index in [1.165, 1.54) is 0 Å². The van der Waals surface area contributed by atoms with Gasteiger partial charge in [0.05, 0.1) is 13.2 Å². The Balaban J connectivity index is 2.40. The highest BCUT2D eigenvalue weighted by Crippen LogP contribution is 2.16. The van der Waals surface area contributed by atoms with Gasteiger partial charge in [-0.25, -0.2) is 5.90 Å². The Morgan fingerprint density at radius 3 is 3.00 bits per heavy atom. The summed E-state index contributed by atoms with van der Waals surface area (Å²) in [4.78, 5) is 4.53. The molecule has 0 saturated carbocycles. The molecule has 2 unspecified atom stereocenters. The Morgan fingerprint density at radius 2 is 2.45 bits per heavy atom. The normalized spacial score (nSPS) is 37.9.